The molecule has 2 N–H and O–H groups in total. The Kier molecular flexibility index (Phi) is 3.21. The molecule has 3 heterocycles. The molecule has 0 aromatic heterocycles. The Labute approximate surface area is 123 Å². The fraction of sp³-hybridized carbons (Fsp3) is 0.562. The number of hydrogen-bond acceptors (Lipinski definition) is 5. The minimum Gasteiger partial charge on any atom is -0.462 e. The van der Waals surface area contributed by atoms with E-state index in [-0.39, 0.29) is 18.7 Å². The van der Waals surface area contributed by atoms with Crippen molar-refractivity contribution in [2.24, 2.45) is 0 Å². The van der Waals surface area contributed by atoms with Crippen LogP contribution in [0.3, 0.4) is 0 Å². The number of ether oxygens (including phenoxy) is 2. The molecule has 21 heavy (non-hydrogen) atoms. The predicted octanol–water partition coefficient (Wildman–Crippen LogP) is 0.576. The minimum atomic E-state index is -0.593. The van der Waals surface area contributed by atoms with Crippen LogP contribution in [0, 0.1) is 0 Å². The molecule has 6 atom stereocenters. The van der Waals surface area contributed by atoms with E-state index < -0.39 is 5.92 Å². The minimum absolute atomic E-state index is 0.0667. The van der Waals surface area contributed by atoms with Crippen LogP contribution in [0.1, 0.15) is 24.3 Å². The highest BCUT2D eigenvalue weighted by Gasteiger charge is 2.59. The van der Waals surface area contributed by atoms with E-state index in [1.54, 1.807) is 0 Å². The van der Waals surface area contributed by atoms with Gasteiger partial charge in [0.05, 0.1) is 6.61 Å². The maximum Gasteiger partial charge on any atom is 0.316 e. The van der Waals surface area contributed by atoms with Gasteiger partial charge in [0, 0.05) is 24.9 Å². The molecular weight excluding hydrogens is 270 g/mol. The second-order valence-electron chi connectivity index (χ2n) is 6.12. The van der Waals surface area contributed by atoms with Gasteiger partial charge in [0.1, 0.15) is 24.2 Å². The van der Waals surface area contributed by atoms with Crippen molar-refractivity contribution in [2.75, 3.05) is 6.61 Å². The number of piperidine rings is 1. The van der Waals surface area contributed by atoms with Crippen LogP contribution in [-0.4, -0.2) is 48.1 Å². The molecule has 0 saturated carbocycles. The lowest BCUT2D eigenvalue weighted by Crippen LogP contribution is -2.47. The number of aliphatic hydroxyl groups is 1. The lowest BCUT2D eigenvalue weighted by molar-refractivity contribution is -0.154. The summed E-state index contributed by atoms with van der Waals surface area (Å²) in [6, 6.07) is 9.93. The Bertz CT molecular complexity index is 518. The molecule has 2 bridgehead atoms. The number of rotatable bonds is 4. The average Bonchev–Trinajstić information content (AvgIpc) is 3.25. The van der Waals surface area contributed by atoms with Gasteiger partial charge in [-0.25, -0.2) is 0 Å². The molecule has 5 heteroatoms. The molecule has 3 fully saturated rings. The molecule has 1 aromatic rings. The van der Waals surface area contributed by atoms with Gasteiger partial charge in [-0.05, 0) is 5.56 Å². The summed E-state index contributed by atoms with van der Waals surface area (Å²) in [5.41, 5.74) is 0.799. The van der Waals surface area contributed by atoms with Crippen LogP contribution in [0.25, 0.3) is 0 Å². The summed E-state index contributed by atoms with van der Waals surface area (Å²) in [6.07, 6.45) is 2.18. The van der Waals surface area contributed by atoms with Gasteiger partial charge in [-0.1, -0.05) is 30.3 Å². The van der Waals surface area contributed by atoms with Crippen LogP contribution in [0.2, 0.25) is 0 Å². The van der Waals surface area contributed by atoms with Crippen LogP contribution in [-0.2, 0) is 14.3 Å². The number of benzene rings is 1. The van der Waals surface area contributed by atoms with Gasteiger partial charge in [0.15, 0.2) is 0 Å². The van der Waals surface area contributed by atoms with Crippen LogP contribution >= 0.6 is 0 Å². The van der Waals surface area contributed by atoms with Gasteiger partial charge in [0.25, 0.3) is 0 Å². The molecule has 4 rings (SSSR count). The van der Waals surface area contributed by atoms with Crippen molar-refractivity contribution in [1.82, 2.24) is 5.32 Å². The topological polar surface area (TPSA) is 71.1 Å². The molecule has 3 aliphatic heterocycles. The van der Waals surface area contributed by atoms with Gasteiger partial charge in [-0.15, -0.1) is 0 Å². The van der Waals surface area contributed by atoms with E-state index in [0.717, 1.165) is 18.4 Å². The van der Waals surface area contributed by atoms with Gasteiger partial charge in [0.2, 0.25) is 0 Å². The van der Waals surface area contributed by atoms with E-state index in [9.17, 15) is 9.90 Å². The average molecular weight is 289 g/mol. The third-order valence-electron chi connectivity index (χ3n) is 4.77. The molecular formula is C16H19NO4. The molecule has 0 aliphatic carbocycles. The number of hydrogen-bond donors (Lipinski definition) is 2. The summed E-state index contributed by atoms with van der Waals surface area (Å²) in [4.78, 5) is 12.3. The first-order valence-corrected chi connectivity index (χ1v) is 7.54. The predicted molar refractivity (Wildman–Crippen MR) is 74.8 cm³/mol. The van der Waals surface area contributed by atoms with Crippen LogP contribution in [0.5, 0.6) is 0 Å². The number of morpholine rings is 1. The fourth-order valence-corrected chi connectivity index (χ4v) is 3.66. The number of nitrogens with one attached hydrogen (secondary N) is 1. The normalized spacial score (nSPS) is 37.7. The molecule has 5 nitrogen and oxygen atoms in total. The van der Waals surface area contributed by atoms with Crippen molar-refractivity contribution in [3.8, 4) is 0 Å². The SMILES string of the molecule is O=C(OC1C[C@@H]2N[C@H](C1)C1O[C@H]12)[C@H](CO)c1ccccc1. The summed E-state index contributed by atoms with van der Waals surface area (Å²) in [5.74, 6) is -0.922. The third kappa shape index (κ3) is 2.35. The Morgan fingerprint density at radius 1 is 1.29 bits per heavy atom. The smallest absolute Gasteiger partial charge is 0.316 e. The van der Waals surface area contributed by atoms with Crippen molar-refractivity contribution in [3.05, 3.63) is 35.9 Å². The first-order chi connectivity index (χ1) is 10.3. The summed E-state index contributed by atoms with van der Waals surface area (Å²) in [5, 5.41) is 13.0. The number of epoxide rings is 1. The molecule has 0 spiro atoms. The summed E-state index contributed by atoms with van der Waals surface area (Å²) in [7, 11) is 0. The molecule has 2 unspecified atom stereocenters. The van der Waals surface area contributed by atoms with E-state index in [1.807, 2.05) is 30.3 Å². The largest absolute Gasteiger partial charge is 0.462 e. The van der Waals surface area contributed by atoms with E-state index in [4.69, 9.17) is 9.47 Å². The van der Waals surface area contributed by atoms with Crippen LogP contribution in [0.4, 0.5) is 0 Å². The zero-order valence-corrected chi connectivity index (χ0v) is 11.6. The van der Waals surface area contributed by atoms with Crippen LogP contribution < -0.4 is 5.32 Å². The van der Waals surface area contributed by atoms with Crippen molar-refractivity contribution >= 4 is 5.97 Å². The van der Waals surface area contributed by atoms with Gasteiger partial charge < -0.3 is 19.9 Å². The number of carbonyl (C=O) groups is 1. The molecule has 1 aromatic carbocycles. The second kappa shape index (κ2) is 5.09. The third-order valence-corrected chi connectivity index (χ3v) is 4.77. The van der Waals surface area contributed by atoms with Gasteiger partial charge in [-0.2, -0.15) is 0 Å². The highest BCUT2D eigenvalue weighted by atomic mass is 16.6. The maximum atomic E-state index is 12.3. The Morgan fingerprint density at radius 3 is 2.57 bits per heavy atom. The summed E-state index contributed by atoms with van der Waals surface area (Å²) < 4.78 is 11.2. The lowest BCUT2D eigenvalue weighted by atomic mass is 9.98. The van der Waals surface area contributed by atoms with Gasteiger partial charge >= 0.3 is 5.97 Å². The lowest BCUT2D eigenvalue weighted by Gasteiger charge is -2.31. The van der Waals surface area contributed by atoms with Crippen molar-refractivity contribution in [2.45, 2.75) is 49.2 Å². The number of fused-ring (bicyclic) bond motifs is 5. The Morgan fingerprint density at radius 2 is 1.95 bits per heavy atom. The molecule has 3 aliphatic rings. The zero-order valence-electron chi connectivity index (χ0n) is 11.6. The van der Waals surface area contributed by atoms with Crippen molar-refractivity contribution in [3.63, 3.8) is 0 Å². The van der Waals surface area contributed by atoms with Gasteiger partial charge in [-0.3, -0.25) is 4.79 Å². The number of esters is 1. The monoisotopic (exact) mass is 289 g/mol. The number of aliphatic hydroxyl groups excluding tert-OH is 1. The maximum absolute atomic E-state index is 12.3. The molecule has 3 saturated heterocycles. The van der Waals surface area contributed by atoms with E-state index in [2.05, 4.69) is 5.32 Å². The number of carbonyl (C=O) groups excluding carboxylic acids is 1. The summed E-state index contributed by atoms with van der Waals surface area (Å²) >= 11 is 0. The fourth-order valence-electron chi connectivity index (χ4n) is 3.66. The van der Waals surface area contributed by atoms with E-state index in [1.165, 1.54) is 0 Å². The summed E-state index contributed by atoms with van der Waals surface area (Å²) in [6.45, 7) is -0.227. The standard InChI is InChI=1S/C16H19NO4/c18-8-11(9-4-2-1-3-5-9)16(19)20-10-6-12-14-15(21-14)13(7-10)17-12/h1-5,10-15,17-18H,6-8H2/t10?,11-,12-,13+,14?,15+/m1/s1. The zero-order chi connectivity index (χ0) is 14.4. The van der Waals surface area contributed by atoms with E-state index in [0.29, 0.717) is 24.3 Å². The first-order valence-electron chi connectivity index (χ1n) is 7.54. The van der Waals surface area contributed by atoms with Crippen molar-refractivity contribution in [1.29, 1.82) is 0 Å². The highest BCUT2D eigenvalue weighted by molar-refractivity contribution is 5.78. The Balaban J connectivity index is 1.41. The Hall–Kier alpha value is -1.43. The molecule has 0 amide bonds. The first kappa shape index (κ1) is 13.2. The van der Waals surface area contributed by atoms with Crippen LogP contribution in [0.15, 0.2) is 30.3 Å². The highest BCUT2D eigenvalue weighted by Crippen LogP contribution is 2.42. The quantitative estimate of drug-likeness (QED) is 0.626. The molecule has 0 radical (unpaired) electrons. The van der Waals surface area contributed by atoms with Crippen molar-refractivity contribution < 1.29 is 19.4 Å². The second-order valence-corrected chi connectivity index (χ2v) is 6.12. The molecule has 112 valence electrons. The van der Waals surface area contributed by atoms with E-state index >= 15 is 0 Å².